The standard InChI is InChI=1S/C24H32N4.HI/c1-25-24(28-16-13-22-9-5-6-10-23(22)19-28)26-17-21-12-15-27(18-21)14-11-20-7-3-2-4-8-20;/h2-10,21H,11-19H2,1H3,(H,25,26);1H. The molecule has 2 aliphatic rings. The van der Waals surface area contributed by atoms with Gasteiger partial charge in [0, 0.05) is 39.8 Å². The predicted molar refractivity (Wildman–Crippen MR) is 132 cm³/mol. The van der Waals surface area contributed by atoms with Gasteiger partial charge in [-0.05, 0) is 48.4 Å². The molecule has 2 aromatic carbocycles. The first kappa shape index (κ1) is 22.1. The zero-order valence-corrected chi connectivity index (χ0v) is 19.7. The van der Waals surface area contributed by atoms with Gasteiger partial charge < -0.3 is 15.1 Å². The van der Waals surface area contributed by atoms with E-state index in [0.29, 0.717) is 5.92 Å². The van der Waals surface area contributed by atoms with E-state index >= 15 is 0 Å². The van der Waals surface area contributed by atoms with Gasteiger partial charge in [0.25, 0.3) is 0 Å². The number of benzene rings is 2. The Morgan fingerprint density at radius 3 is 2.59 bits per heavy atom. The van der Waals surface area contributed by atoms with Crippen LogP contribution >= 0.6 is 24.0 Å². The Morgan fingerprint density at radius 2 is 1.79 bits per heavy atom. The van der Waals surface area contributed by atoms with Crippen LogP contribution in [0.3, 0.4) is 0 Å². The van der Waals surface area contributed by atoms with E-state index < -0.39 is 0 Å². The van der Waals surface area contributed by atoms with Gasteiger partial charge in [-0.25, -0.2) is 0 Å². The number of nitrogens with one attached hydrogen (secondary N) is 1. The lowest BCUT2D eigenvalue weighted by atomic mass is 10.0. The fourth-order valence-corrected chi connectivity index (χ4v) is 4.46. The molecule has 0 radical (unpaired) electrons. The molecule has 2 heterocycles. The van der Waals surface area contributed by atoms with Crippen LogP contribution in [0, 0.1) is 5.92 Å². The maximum absolute atomic E-state index is 4.56. The van der Waals surface area contributed by atoms with Crippen molar-refractivity contribution in [3.63, 3.8) is 0 Å². The van der Waals surface area contributed by atoms with Crippen LogP contribution in [0.25, 0.3) is 0 Å². The largest absolute Gasteiger partial charge is 0.356 e. The fraction of sp³-hybridized carbons (Fsp3) is 0.458. The summed E-state index contributed by atoms with van der Waals surface area (Å²) < 4.78 is 0. The monoisotopic (exact) mass is 504 g/mol. The lowest BCUT2D eigenvalue weighted by molar-refractivity contribution is 0.325. The van der Waals surface area contributed by atoms with E-state index in [4.69, 9.17) is 0 Å². The average Bonchev–Trinajstić information content (AvgIpc) is 3.21. The summed E-state index contributed by atoms with van der Waals surface area (Å²) in [7, 11) is 1.91. The molecule has 2 aliphatic heterocycles. The smallest absolute Gasteiger partial charge is 0.193 e. The lowest BCUT2D eigenvalue weighted by Crippen LogP contribution is -2.45. The normalized spacial score (nSPS) is 19.6. The average molecular weight is 504 g/mol. The Balaban J connectivity index is 0.00000240. The van der Waals surface area contributed by atoms with Gasteiger partial charge in [-0.1, -0.05) is 54.6 Å². The van der Waals surface area contributed by atoms with Gasteiger partial charge >= 0.3 is 0 Å². The highest BCUT2D eigenvalue weighted by Crippen LogP contribution is 2.19. The van der Waals surface area contributed by atoms with Gasteiger partial charge in [0.05, 0.1) is 0 Å². The third-order valence-corrected chi connectivity index (χ3v) is 6.12. The van der Waals surface area contributed by atoms with Crippen molar-refractivity contribution in [3.8, 4) is 0 Å². The summed E-state index contributed by atoms with van der Waals surface area (Å²) in [6, 6.07) is 19.6. The third-order valence-electron chi connectivity index (χ3n) is 6.12. The molecule has 5 heteroatoms. The maximum Gasteiger partial charge on any atom is 0.193 e. The van der Waals surface area contributed by atoms with E-state index in [1.807, 2.05) is 7.05 Å². The van der Waals surface area contributed by atoms with Gasteiger partial charge in [0.2, 0.25) is 0 Å². The molecule has 156 valence electrons. The first-order valence-corrected chi connectivity index (χ1v) is 10.6. The lowest BCUT2D eigenvalue weighted by Gasteiger charge is -2.32. The fourth-order valence-electron chi connectivity index (χ4n) is 4.46. The number of nitrogens with zero attached hydrogens (tertiary/aromatic N) is 3. The SMILES string of the molecule is CN=C(NCC1CCN(CCc2ccccc2)C1)N1CCc2ccccc2C1.I. The number of halogens is 1. The molecular formula is C24H33IN4. The zero-order valence-electron chi connectivity index (χ0n) is 17.4. The molecule has 1 N–H and O–H groups in total. The van der Waals surface area contributed by atoms with Crippen molar-refractivity contribution < 1.29 is 0 Å². The molecule has 4 rings (SSSR count). The molecule has 0 aliphatic carbocycles. The van der Waals surface area contributed by atoms with Gasteiger partial charge in [-0.2, -0.15) is 0 Å². The van der Waals surface area contributed by atoms with Crippen molar-refractivity contribution in [2.24, 2.45) is 10.9 Å². The molecule has 0 bridgehead atoms. The van der Waals surface area contributed by atoms with Gasteiger partial charge in [-0.3, -0.25) is 4.99 Å². The topological polar surface area (TPSA) is 30.9 Å². The van der Waals surface area contributed by atoms with Crippen molar-refractivity contribution in [1.82, 2.24) is 15.1 Å². The number of rotatable bonds is 5. The number of likely N-dealkylation sites (tertiary alicyclic amines) is 1. The minimum atomic E-state index is 0. The van der Waals surface area contributed by atoms with Crippen LogP contribution in [-0.4, -0.2) is 55.5 Å². The van der Waals surface area contributed by atoms with E-state index in [2.05, 4.69) is 74.7 Å². The summed E-state index contributed by atoms with van der Waals surface area (Å²) in [6.07, 6.45) is 3.53. The highest BCUT2D eigenvalue weighted by atomic mass is 127. The van der Waals surface area contributed by atoms with Crippen LogP contribution in [0.1, 0.15) is 23.1 Å². The summed E-state index contributed by atoms with van der Waals surface area (Å²) >= 11 is 0. The van der Waals surface area contributed by atoms with E-state index in [0.717, 1.165) is 45.0 Å². The highest BCUT2D eigenvalue weighted by Gasteiger charge is 2.24. The van der Waals surface area contributed by atoms with Crippen molar-refractivity contribution in [1.29, 1.82) is 0 Å². The Bertz CT molecular complexity index is 792. The van der Waals surface area contributed by atoms with Crippen LogP contribution in [0.2, 0.25) is 0 Å². The second-order valence-corrected chi connectivity index (χ2v) is 8.06. The van der Waals surface area contributed by atoms with Crippen molar-refractivity contribution in [2.75, 3.05) is 39.8 Å². The molecular weight excluding hydrogens is 471 g/mol. The van der Waals surface area contributed by atoms with Crippen LogP contribution < -0.4 is 5.32 Å². The molecule has 0 aromatic heterocycles. The quantitative estimate of drug-likeness (QED) is 0.382. The number of guanidine groups is 1. The zero-order chi connectivity index (χ0) is 19.2. The first-order chi connectivity index (χ1) is 13.8. The van der Waals surface area contributed by atoms with Crippen LogP contribution in [-0.2, 0) is 19.4 Å². The maximum atomic E-state index is 4.56. The van der Waals surface area contributed by atoms with Gasteiger partial charge in [0.15, 0.2) is 5.96 Å². The number of aliphatic imine (C=N–C) groups is 1. The Hall–Kier alpha value is -1.60. The second kappa shape index (κ2) is 11.0. The minimum absolute atomic E-state index is 0. The van der Waals surface area contributed by atoms with E-state index in [1.165, 1.54) is 36.2 Å². The molecule has 29 heavy (non-hydrogen) atoms. The van der Waals surface area contributed by atoms with Gasteiger partial charge in [0.1, 0.15) is 0 Å². The first-order valence-electron chi connectivity index (χ1n) is 10.6. The third kappa shape index (κ3) is 5.95. The Labute approximate surface area is 192 Å². The number of hydrogen-bond acceptors (Lipinski definition) is 2. The van der Waals surface area contributed by atoms with Crippen LogP contribution in [0.15, 0.2) is 59.6 Å². The van der Waals surface area contributed by atoms with Crippen molar-refractivity contribution >= 4 is 29.9 Å². The Morgan fingerprint density at radius 1 is 1.03 bits per heavy atom. The van der Waals surface area contributed by atoms with E-state index in [1.54, 1.807) is 0 Å². The second-order valence-electron chi connectivity index (χ2n) is 8.06. The summed E-state index contributed by atoms with van der Waals surface area (Å²) in [5.41, 5.74) is 4.36. The van der Waals surface area contributed by atoms with Crippen molar-refractivity contribution in [3.05, 3.63) is 71.3 Å². The minimum Gasteiger partial charge on any atom is -0.356 e. The van der Waals surface area contributed by atoms with Crippen LogP contribution in [0.4, 0.5) is 0 Å². The summed E-state index contributed by atoms with van der Waals surface area (Å²) in [5, 5.41) is 3.66. The molecule has 4 nitrogen and oxygen atoms in total. The van der Waals surface area contributed by atoms with Crippen LogP contribution in [0.5, 0.6) is 0 Å². The molecule has 0 spiro atoms. The molecule has 1 unspecified atom stereocenters. The molecule has 1 fully saturated rings. The van der Waals surface area contributed by atoms with E-state index in [9.17, 15) is 0 Å². The van der Waals surface area contributed by atoms with E-state index in [-0.39, 0.29) is 24.0 Å². The summed E-state index contributed by atoms with van der Waals surface area (Å²) in [6.45, 7) is 6.60. The van der Waals surface area contributed by atoms with Crippen molar-refractivity contribution in [2.45, 2.75) is 25.8 Å². The number of fused-ring (bicyclic) bond motifs is 1. The molecule has 2 aromatic rings. The van der Waals surface area contributed by atoms with Gasteiger partial charge in [-0.15, -0.1) is 24.0 Å². The molecule has 1 atom stereocenters. The number of hydrogen-bond donors (Lipinski definition) is 1. The molecule has 0 amide bonds. The summed E-state index contributed by atoms with van der Waals surface area (Å²) in [4.78, 5) is 9.56. The molecule has 0 saturated carbocycles. The summed E-state index contributed by atoms with van der Waals surface area (Å²) in [5.74, 6) is 1.77. The predicted octanol–water partition coefficient (Wildman–Crippen LogP) is 3.80. The Kier molecular flexibility index (Phi) is 8.36. The molecule has 1 saturated heterocycles. The highest BCUT2D eigenvalue weighted by molar-refractivity contribution is 14.0.